The lowest BCUT2D eigenvalue weighted by molar-refractivity contribution is 0.657. The van der Waals surface area contributed by atoms with Crippen molar-refractivity contribution in [3.05, 3.63) is 12.2 Å². The molecule has 0 saturated carbocycles. The quantitative estimate of drug-likeness (QED) is 0.375. The van der Waals surface area contributed by atoms with Gasteiger partial charge in [-0.05, 0) is 12.8 Å². The molecule has 0 aromatic heterocycles. The summed E-state index contributed by atoms with van der Waals surface area (Å²) in [6.07, 6.45) is 0. The second kappa shape index (κ2) is 2.96. The number of hydrogen-bond acceptors (Lipinski definition) is 0. The Kier molecular flexibility index (Phi) is 2.89. The van der Waals surface area contributed by atoms with E-state index in [2.05, 4.69) is 13.5 Å². The molecule has 0 fully saturated rings. The van der Waals surface area contributed by atoms with Crippen molar-refractivity contribution in [3.8, 4) is 0 Å². The highest BCUT2D eigenvalue weighted by atomic mass is 14.1. The van der Waals surface area contributed by atoms with Crippen LogP contribution in [0.25, 0.3) is 0 Å². The molecule has 2 atom stereocenters. The number of allylic oxidation sites excluding steroid dienone is 1. The third-order valence-electron chi connectivity index (χ3n) is 1.57. The Morgan fingerprint density at radius 1 is 1.50 bits per heavy atom. The van der Waals surface area contributed by atoms with Crippen LogP contribution in [0.1, 0.15) is 20.8 Å². The van der Waals surface area contributed by atoms with E-state index in [1.807, 2.05) is 13.8 Å². The van der Waals surface area contributed by atoms with Crippen LogP contribution >= 0.6 is 0 Å². The molecular formula is C7H13B. The van der Waals surface area contributed by atoms with Gasteiger partial charge in [-0.15, -0.1) is 0 Å². The van der Waals surface area contributed by atoms with Gasteiger partial charge in [-0.25, -0.2) is 0 Å². The molecule has 0 heterocycles. The maximum Gasteiger partial charge on any atom is 0.0703 e. The zero-order valence-electron chi connectivity index (χ0n) is 5.94. The Morgan fingerprint density at radius 3 is 1.88 bits per heavy atom. The van der Waals surface area contributed by atoms with Crippen LogP contribution in [0.15, 0.2) is 12.2 Å². The summed E-state index contributed by atoms with van der Waals surface area (Å²) in [4.78, 5) is 0. The van der Waals surface area contributed by atoms with E-state index in [0.29, 0.717) is 5.92 Å². The van der Waals surface area contributed by atoms with Crippen LogP contribution < -0.4 is 0 Å². The molecular weight excluding hydrogens is 94.9 g/mol. The molecule has 1 heteroatoms. The van der Waals surface area contributed by atoms with Gasteiger partial charge in [0.05, 0.1) is 7.85 Å². The van der Waals surface area contributed by atoms with Gasteiger partial charge in [-0.1, -0.05) is 31.8 Å². The van der Waals surface area contributed by atoms with Gasteiger partial charge in [0.15, 0.2) is 0 Å². The first-order valence-electron chi connectivity index (χ1n) is 2.96. The van der Waals surface area contributed by atoms with Gasteiger partial charge in [0, 0.05) is 0 Å². The molecule has 0 nitrogen and oxygen atoms in total. The van der Waals surface area contributed by atoms with Crippen LogP contribution in [0.2, 0.25) is 5.82 Å². The normalized spacial score (nSPS) is 17.4. The predicted molar refractivity (Wildman–Crippen MR) is 39.2 cm³/mol. The zero-order chi connectivity index (χ0) is 6.73. The summed E-state index contributed by atoms with van der Waals surface area (Å²) in [6, 6.07) is 0. The van der Waals surface area contributed by atoms with Crippen molar-refractivity contribution in [1.29, 1.82) is 0 Å². The second-order valence-corrected chi connectivity index (χ2v) is 2.49. The minimum atomic E-state index is 0.243. The summed E-state index contributed by atoms with van der Waals surface area (Å²) in [5.74, 6) is 0.697. The fourth-order valence-corrected chi connectivity index (χ4v) is 0.449. The van der Waals surface area contributed by atoms with E-state index in [9.17, 15) is 0 Å². The van der Waals surface area contributed by atoms with E-state index in [4.69, 9.17) is 7.85 Å². The first-order valence-corrected chi connectivity index (χ1v) is 2.96. The first kappa shape index (κ1) is 7.80. The Labute approximate surface area is 53.4 Å². The van der Waals surface area contributed by atoms with Gasteiger partial charge >= 0.3 is 0 Å². The molecule has 2 unspecified atom stereocenters. The maximum atomic E-state index is 5.58. The lowest BCUT2D eigenvalue weighted by atomic mass is 9.76. The van der Waals surface area contributed by atoms with E-state index < -0.39 is 0 Å². The van der Waals surface area contributed by atoms with E-state index in [1.54, 1.807) is 0 Å². The molecule has 0 aliphatic carbocycles. The van der Waals surface area contributed by atoms with E-state index in [1.165, 1.54) is 5.57 Å². The summed E-state index contributed by atoms with van der Waals surface area (Å²) in [6.45, 7) is 9.89. The molecule has 44 valence electrons. The topological polar surface area (TPSA) is 0 Å². The standard InChI is InChI=1S/C7H13B/c1-5(2)6(3)7(4)8/h6-7H,1H2,2-4H3. The van der Waals surface area contributed by atoms with Gasteiger partial charge in [0.2, 0.25) is 0 Å². The molecule has 0 aromatic rings. The average molecular weight is 108 g/mol. The molecule has 2 radical (unpaired) electrons. The Hall–Kier alpha value is -0.195. The summed E-state index contributed by atoms with van der Waals surface area (Å²) in [7, 11) is 5.58. The zero-order valence-corrected chi connectivity index (χ0v) is 5.94. The largest absolute Gasteiger partial charge is 0.0999 e. The third-order valence-corrected chi connectivity index (χ3v) is 1.57. The number of hydrogen-bond donors (Lipinski definition) is 0. The molecule has 0 saturated heterocycles. The molecule has 0 aliphatic heterocycles. The fourth-order valence-electron chi connectivity index (χ4n) is 0.449. The average Bonchev–Trinajstić information content (AvgIpc) is 1.64. The van der Waals surface area contributed by atoms with Gasteiger partial charge in [-0.3, -0.25) is 0 Å². The highest BCUT2D eigenvalue weighted by molar-refractivity contribution is 6.11. The SMILES string of the molecule is [B]C(C)C(C)C(=C)C. The molecule has 0 spiro atoms. The van der Waals surface area contributed by atoms with Crippen molar-refractivity contribution in [2.24, 2.45) is 5.92 Å². The highest BCUT2D eigenvalue weighted by Crippen LogP contribution is 2.19. The van der Waals surface area contributed by atoms with Crippen LogP contribution in [0, 0.1) is 5.92 Å². The molecule has 0 aromatic carbocycles. The van der Waals surface area contributed by atoms with E-state index >= 15 is 0 Å². The molecule has 8 heavy (non-hydrogen) atoms. The summed E-state index contributed by atoms with van der Waals surface area (Å²) in [5.41, 5.74) is 1.17. The number of rotatable bonds is 2. The van der Waals surface area contributed by atoms with Crippen molar-refractivity contribution >= 4 is 7.85 Å². The first-order chi connectivity index (χ1) is 3.55. The summed E-state index contributed by atoms with van der Waals surface area (Å²) >= 11 is 0. The molecule has 0 rings (SSSR count). The monoisotopic (exact) mass is 108 g/mol. The van der Waals surface area contributed by atoms with Gasteiger partial charge in [0.25, 0.3) is 0 Å². The maximum absolute atomic E-state index is 5.58. The summed E-state index contributed by atoms with van der Waals surface area (Å²) in [5, 5.41) is 0. The van der Waals surface area contributed by atoms with Crippen LogP contribution in [0.5, 0.6) is 0 Å². The third kappa shape index (κ3) is 2.20. The lowest BCUT2D eigenvalue weighted by Gasteiger charge is -2.14. The predicted octanol–water partition coefficient (Wildman–Crippen LogP) is 2.18. The Morgan fingerprint density at radius 2 is 1.88 bits per heavy atom. The van der Waals surface area contributed by atoms with E-state index in [-0.39, 0.29) is 5.82 Å². The van der Waals surface area contributed by atoms with Crippen molar-refractivity contribution in [2.45, 2.75) is 26.6 Å². The highest BCUT2D eigenvalue weighted by Gasteiger charge is 2.04. The van der Waals surface area contributed by atoms with Gasteiger partial charge in [0.1, 0.15) is 0 Å². The lowest BCUT2D eigenvalue weighted by Crippen LogP contribution is -2.01. The Bertz CT molecular complexity index is 84.4. The Balaban J connectivity index is 3.64. The minimum Gasteiger partial charge on any atom is -0.0999 e. The van der Waals surface area contributed by atoms with Crippen molar-refractivity contribution in [3.63, 3.8) is 0 Å². The van der Waals surface area contributed by atoms with Crippen molar-refractivity contribution in [1.82, 2.24) is 0 Å². The van der Waals surface area contributed by atoms with Crippen LogP contribution in [0.4, 0.5) is 0 Å². The van der Waals surface area contributed by atoms with Gasteiger partial charge in [-0.2, -0.15) is 0 Å². The van der Waals surface area contributed by atoms with Gasteiger partial charge < -0.3 is 0 Å². The van der Waals surface area contributed by atoms with Crippen LogP contribution in [-0.4, -0.2) is 7.85 Å². The van der Waals surface area contributed by atoms with Crippen LogP contribution in [-0.2, 0) is 0 Å². The van der Waals surface area contributed by atoms with E-state index in [0.717, 1.165) is 0 Å². The summed E-state index contributed by atoms with van der Waals surface area (Å²) < 4.78 is 0. The van der Waals surface area contributed by atoms with Crippen molar-refractivity contribution in [2.75, 3.05) is 0 Å². The molecule has 0 amide bonds. The molecule has 0 aliphatic rings. The van der Waals surface area contributed by atoms with Crippen molar-refractivity contribution < 1.29 is 0 Å². The second-order valence-electron chi connectivity index (χ2n) is 2.49. The smallest absolute Gasteiger partial charge is 0.0703 e. The minimum absolute atomic E-state index is 0.243. The molecule has 0 bridgehead atoms. The molecule has 0 N–H and O–H groups in total. The van der Waals surface area contributed by atoms with Crippen LogP contribution in [0.3, 0.4) is 0 Å². The fraction of sp³-hybridized carbons (Fsp3) is 0.714.